The van der Waals surface area contributed by atoms with Gasteiger partial charge in [-0.15, -0.1) is 0 Å². The molecule has 1 rings (SSSR count). The normalized spacial score (nSPS) is 30.0. The Hall–Kier alpha value is -0.210. The van der Waals surface area contributed by atoms with Crippen LogP contribution < -0.4 is 0 Å². The molecule has 0 saturated carbocycles. The Morgan fingerprint density at radius 2 is 1.61 bits per heavy atom. The van der Waals surface area contributed by atoms with Gasteiger partial charge in [-0.25, -0.2) is 8.42 Å². The van der Waals surface area contributed by atoms with Gasteiger partial charge in [0, 0.05) is 0 Å². The second-order valence-electron chi connectivity index (χ2n) is 7.21. The summed E-state index contributed by atoms with van der Waals surface area (Å²) in [4.78, 5) is 0. The van der Waals surface area contributed by atoms with Crippen molar-refractivity contribution in [2.24, 2.45) is 11.8 Å². The van der Waals surface area contributed by atoms with Crippen LogP contribution >= 0.6 is 0 Å². The number of rotatable bonds is 10. The average Bonchev–Trinajstić information content (AvgIpc) is 2.72. The van der Waals surface area contributed by atoms with Crippen molar-refractivity contribution < 1.29 is 28.5 Å². The van der Waals surface area contributed by atoms with E-state index in [1.165, 1.54) is 0 Å². The van der Waals surface area contributed by atoms with Gasteiger partial charge < -0.3 is 20.1 Å². The zero-order chi connectivity index (χ0) is 17.6. The monoisotopic (exact) mass is 352 g/mol. The highest BCUT2D eigenvalue weighted by molar-refractivity contribution is 7.91. The van der Waals surface area contributed by atoms with Gasteiger partial charge in [-0.2, -0.15) is 0 Å². The van der Waals surface area contributed by atoms with Crippen molar-refractivity contribution in [2.75, 3.05) is 18.1 Å². The zero-order valence-corrected chi connectivity index (χ0v) is 15.2. The summed E-state index contributed by atoms with van der Waals surface area (Å²) < 4.78 is 29.6. The van der Waals surface area contributed by atoms with Gasteiger partial charge in [0.2, 0.25) is 0 Å². The molecular weight excluding hydrogens is 320 g/mol. The molecule has 1 aliphatic rings. The first kappa shape index (κ1) is 20.8. The van der Waals surface area contributed by atoms with E-state index >= 15 is 0 Å². The summed E-state index contributed by atoms with van der Waals surface area (Å²) in [6, 6.07) is 0. The molecule has 1 fully saturated rings. The largest absolute Gasteiger partial charge is 0.394 e. The van der Waals surface area contributed by atoms with Crippen molar-refractivity contribution in [3.63, 3.8) is 0 Å². The van der Waals surface area contributed by atoms with Crippen LogP contribution in [0.15, 0.2) is 0 Å². The first-order chi connectivity index (χ1) is 10.7. The molecular formula is C16H32O6S. The molecule has 23 heavy (non-hydrogen) atoms. The number of sulfone groups is 1. The van der Waals surface area contributed by atoms with Crippen molar-refractivity contribution in [2.45, 2.75) is 70.9 Å². The predicted octanol–water partition coefficient (Wildman–Crippen LogP) is 0.735. The summed E-state index contributed by atoms with van der Waals surface area (Å²) in [5, 5.41) is 28.5. The van der Waals surface area contributed by atoms with Crippen LogP contribution in [-0.2, 0) is 14.6 Å². The van der Waals surface area contributed by atoms with E-state index in [1.807, 2.05) is 0 Å². The standard InChI is InChI=1S/C16H32O6S/c1-11(2)5-4-6-12(3)7-8-23(20,21)10-14-16(19)15(18)13(9-17)22-14/h11-19H,4-10H2,1-3H3/t12?,13-,14+,15-,16-/m1/s1. The molecule has 1 saturated heterocycles. The third-order valence-corrected chi connectivity index (χ3v) is 6.15. The van der Waals surface area contributed by atoms with Crippen molar-refractivity contribution in [1.82, 2.24) is 0 Å². The molecule has 0 spiro atoms. The Morgan fingerprint density at radius 1 is 1.00 bits per heavy atom. The quantitative estimate of drug-likeness (QED) is 0.536. The molecule has 0 aliphatic carbocycles. The minimum Gasteiger partial charge on any atom is -0.394 e. The first-order valence-electron chi connectivity index (χ1n) is 8.49. The SMILES string of the molecule is CC(C)CCCC(C)CCS(=O)(=O)C[C@@H]1O[C@H](CO)[C@@H](O)[C@@H]1O. The fourth-order valence-corrected chi connectivity index (χ4v) is 4.55. The van der Waals surface area contributed by atoms with Gasteiger partial charge >= 0.3 is 0 Å². The lowest BCUT2D eigenvalue weighted by Gasteiger charge is -2.16. The smallest absolute Gasteiger partial charge is 0.152 e. The Balaban J connectivity index is 2.39. The molecule has 1 aliphatic heterocycles. The van der Waals surface area contributed by atoms with E-state index in [1.54, 1.807) is 0 Å². The van der Waals surface area contributed by atoms with Crippen LogP contribution in [-0.4, -0.2) is 66.3 Å². The van der Waals surface area contributed by atoms with E-state index in [2.05, 4.69) is 20.8 Å². The van der Waals surface area contributed by atoms with Gasteiger partial charge in [-0.05, 0) is 18.3 Å². The highest BCUT2D eigenvalue weighted by Crippen LogP contribution is 2.23. The highest BCUT2D eigenvalue weighted by atomic mass is 32.2. The van der Waals surface area contributed by atoms with Gasteiger partial charge in [0.25, 0.3) is 0 Å². The van der Waals surface area contributed by atoms with E-state index in [0.717, 1.165) is 19.3 Å². The molecule has 0 aromatic heterocycles. The van der Waals surface area contributed by atoms with Crippen molar-refractivity contribution in [3.05, 3.63) is 0 Å². The summed E-state index contributed by atoms with van der Waals surface area (Å²) in [6.45, 7) is 5.97. The summed E-state index contributed by atoms with van der Waals surface area (Å²) in [5.41, 5.74) is 0. The topological polar surface area (TPSA) is 104 Å². The van der Waals surface area contributed by atoms with Crippen LogP contribution in [0.5, 0.6) is 0 Å². The summed E-state index contributed by atoms with van der Waals surface area (Å²) in [5.74, 6) is 0.745. The summed E-state index contributed by atoms with van der Waals surface area (Å²) in [6.07, 6.45) is -0.534. The lowest BCUT2D eigenvalue weighted by molar-refractivity contribution is -0.0165. The van der Waals surface area contributed by atoms with Crippen LogP contribution in [0.4, 0.5) is 0 Å². The van der Waals surface area contributed by atoms with Gasteiger partial charge in [0.1, 0.15) is 24.4 Å². The number of aliphatic hydroxyl groups excluding tert-OH is 3. The average molecular weight is 352 g/mol. The van der Waals surface area contributed by atoms with Crippen molar-refractivity contribution >= 4 is 9.84 Å². The van der Waals surface area contributed by atoms with E-state index < -0.39 is 40.9 Å². The number of hydrogen-bond donors (Lipinski definition) is 3. The molecule has 0 aromatic rings. The minimum absolute atomic E-state index is 0.0578. The highest BCUT2D eigenvalue weighted by Gasteiger charge is 2.43. The Kier molecular flexibility index (Phi) is 8.44. The second-order valence-corrected chi connectivity index (χ2v) is 9.44. The maximum absolute atomic E-state index is 12.2. The van der Waals surface area contributed by atoms with Crippen LogP contribution in [0.3, 0.4) is 0 Å². The maximum Gasteiger partial charge on any atom is 0.152 e. The lowest BCUT2D eigenvalue weighted by Crippen LogP contribution is -2.36. The maximum atomic E-state index is 12.2. The molecule has 1 heterocycles. The molecule has 0 radical (unpaired) electrons. The van der Waals surface area contributed by atoms with Gasteiger partial charge in [0.15, 0.2) is 9.84 Å². The number of aliphatic hydroxyl groups is 3. The Bertz CT molecular complexity index is 436. The molecule has 0 bridgehead atoms. The number of hydrogen-bond acceptors (Lipinski definition) is 6. The Labute approximate surface area is 139 Å². The zero-order valence-electron chi connectivity index (χ0n) is 14.4. The Morgan fingerprint density at radius 3 is 2.13 bits per heavy atom. The van der Waals surface area contributed by atoms with E-state index in [4.69, 9.17) is 9.84 Å². The van der Waals surface area contributed by atoms with Crippen LogP contribution in [0.2, 0.25) is 0 Å². The fraction of sp³-hybridized carbons (Fsp3) is 1.00. The summed E-state index contributed by atoms with van der Waals surface area (Å²) >= 11 is 0. The van der Waals surface area contributed by atoms with Crippen molar-refractivity contribution in [3.8, 4) is 0 Å². The number of ether oxygens (including phenoxy) is 1. The molecule has 138 valence electrons. The molecule has 0 aromatic carbocycles. The molecule has 5 atom stereocenters. The second kappa shape index (κ2) is 9.32. The van der Waals surface area contributed by atoms with Crippen LogP contribution in [0, 0.1) is 11.8 Å². The third kappa shape index (κ3) is 7.05. The predicted molar refractivity (Wildman–Crippen MR) is 88.9 cm³/mol. The van der Waals surface area contributed by atoms with E-state index in [0.29, 0.717) is 18.3 Å². The molecule has 0 amide bonds. The molecule has 6 nitrogen and oxygen atoms in total. The van der Waals surface area contributed by atoms with Gasteiger partial charge in [-0.1, -0.05) is 40.0 Å². The fourth-order valence-electron chi connectivity index (χ4n) is 2.85. The van der Waals surface area contributed by atoms with Gasteiger partial charge in [0.05, 0.1) is 18.1 Å². The summed E-state index contributed by atoms with van der Waals surface area (Å²) in [7, 11) is -3.37. The molecule has 1 unspecified atom stereocenters. The first-order valence-corrected chi connectivity index (χ1v) is 10.3. The van der Waals surface area contributed by atoms with Crippen LogP contribution in [0.25, 0.3) is 0 Å². The molecule has 7 heteroatoms. The third-order valence-electron chi connectivity index (χ3n) is 4.46. The van der Waals surface area contributed by atoms with Crippen LogP contribution in [0.1, 0.15) is 46.5 Å². The minimum atomic E-state index is -3.37. The lowest BCUT2D eigenvalue weighted by atomic mass is 9.98. The molecule has 3 N–H and O–H groups in total. The van der Waals surface area contributed by atoms with Crippen molar-refractivity contribution in [1.29, 1.82) is 0 Å². The van der Waals surface area contributed by atoms with Gasteiger partial charge in [-0.3, -0.25) is 0 Å². The van der Waals surface area contributed by atoms with E-state index in [9.17, 15) is 18.6 Å². The van der Waals surface area contributed by atoms with E-state index in [-0.39, 0.29) is 11.5 Å².